The van der Waals surface area contributed by atoms with E-state index in [1.807, 2.05) is 4.17 Å². The zero-order chi connectivity index (χ0) is 25.7. The molecular weight excluding hydrogens is 498 g/mol. The van der Waals surface area contributed by atoms with Gasteiger partial charge in [-0.15, -0.1) is 0 Å². The minimum atomic E-state index is -2.36. The first-order valence-electron chi connectivity index (χ1n) is 15.3. The Bertz CT molecular complexity index is 1270. The molecule has 0 atom stereocenters. The van der Waals surface area contributed by atoms with Crippen LogP contribution in [0.5, 0.6) is 0 Å². The molecule has 1 heteroatoms. The first-order valence-corrected chi connectivity index (χ1v) is 20.0. The molecule has 6 aliphatic rings. The van der Waals surface area contributed by atoms with E-state index in [9.17, 15) is 0 Å². The van der Waals surface area contributed by atoms with E-state index in [1.165, 1.54) is 43.2 Å². The van der Waals surface area contributed by atoms with Crippen molar-refractivity contribution in [1.29, 1.82) is 0 Å². The maximum atomic E-state index is 2.59. The summed E-state index contributed by atoms with van der Waals surface area (Å²) in [5.74, 6) is 3.99. The second-order valence-corrected chi connectivity index (χ2v) is 23.4. The van der Waals surface area contributed by atoms with Crippen molar-refractivity contribution in [3.63, 3.8) is 0 Å². The van der Waals surface area contributed by atoms with Crippen LogP contribution in [0.15, 0.2) is 58.8 Å². The van der Waals surface area contributed by atoms with Crippen molar-refractivity contribution in [3.8, 4) is 11.1 Å². The molecule has 37 heavy (non-hydrogen) atoms. The van der Waals surface area contributed by atoms with Crippen LogP contribution in [0.4, 0.5) is 0 Å². The van der Waals surface area contributed by atoms with Crippen molar-refractivity contribution >= 4 is 4.11 Å². The van der Waals surface area contributed by atoms with Crippen LogP contribution in [0.25, 0.3) is 11.1 Å². The number of benzene rings is 2. The summed E-state index contributed by atoms with van der Waals surface area (Å²) in [5.41, 5.74) is 9.80. The molecule has 0 nitrogen and oxygen atoms in total. The molecule has 6 aliphatic carbocycles. The van der Waals surface area contributed by atoms with Crippen molar-refractivity contribution < 1.29 is 15.5 Å². The molecule has 8 rings (SSSR count). The van der Waals surface area contributed by atoms with Gasteiger partial charge in [-0.2, -0.15) is 0 Å². The molecule has 0 aliphatic heterocycles. The van der Waals surface area contributed by atoms with E-state index in [0.29, 0.717) is 4.51 Å². The van der Waals surface area contributed by atoms with Crippen molar-refractivity contribution in [2.24, 2.45) is 23.7 Å². The van der Waals surface area contributed by atoms with E-state index >= 15 is 0 Å². The fourth-order valence-corrected chi connectivity index (χ4v) is 22.0. The molecule has 2 aromatic rings. The number of hydrogen-bond acceptors (Lipinski definition) is 0. The van der Waals surface area contributed by atoms with Gasteiger partial charge in [-0.3, -0.25) is 0 Å². The van der Waals surface area contributed by atoms with Gasteiger partial charge in [0.1, 0.15) is 0 Å². The van der Waals surface area contributed by atoms with E-state index in [2.05, 4.69) is 100 Å². The van der Waals surface area contributed by atoms with Crippen molar-refractivity contribution in [2.45, 2.75) is 95.4 Å². The standard InChI is InChI=1S/C21H25.C10H14.C5H5.Zn/c1-20(2,3)16-9-7-14-11-15-8-10-17(21(4,5)6)13-19(15)18(14)12-16;1-7-2-9-4-8(1)5-10(3-7)6-9;1-2-4-5-3-1;/h7-13H,1-6H3;7-10H,1-5H2;1-3H,4H2;. The quantitative estimate of drug-likeness (QED) is 0.332. The van der Waals surface area contributed by atoms with Gasteiger partial charge in [0, 0.05) is 0 Å². The Morgan fingerprint density at radius 1 is 0.676 bits per heavy atom. The van der Waals surface area contributed by atoms with Crippen molar-refractivity contribution in [2.75, 3.05) is 0 Å². The van der Waals surface area contributed by atoms with Crippen LogP contribution in [0.3, 0.4) is 0 Å². The monoisotopic (exact) mass is 540 g/mol. The summed E-state index contributed by atoms with van der Waals surface area (Å²) in [4.78, 5) is 0. The molecule has 4 bridgehead atoms. The van der Waals surface area contributed by atoms with Crippen LogP contribution >= 0.6 is 0 Å². The molecule has 0 unspecified atom stereocenters. The summed E-state index contributed by atoms with van der Waals surface area (Å²) in [5, 5.41) is 0. The van der Waals surface area contributed by atoms with E-state index in [-0.39, 0.29) is 10.8 Å². The molecule has 4 fully saturated rings. The van der Waals surface area contributed by atoms with Gasteiger partial charge in [0.15, 0.2) is 0 Å². The Balaban J connectivity index is 1.47. The van der Waals surface area contributed by atoms with Crippen LogP contribution < -0.4 is 0 Å². The van der Waals surface area contributed by atoms with Gasteiger partial charge in [-0.1, -0.05) is 0 Å². The van der Waals surface area contributed by atoms with Crippen LogP contribution in [0.2, 0.25) is 0 Å². The Morgan fingerprint density at radius 2 is 1.19 bits per heavy atom. The molecule has 4 saturated carbocycles. The third-order valence-corrected chi connectivity index (χ3v) is 22.2. The predicted octanol–water partition coefficient (Wildman–Crippen LogP) is 9.44. The molecule has 0 aromatic heterocycles. The summed E-state index contributed by atoms with van der Waals surface area (Å²) >= 11 is -2.36. The summed E-state index contributed by atoms with van der Waals surface area (Å²) in [6.07, 6.45) is 16.3. The van der Waals surface area contributed by atoms with Gasteiger partial charge in [0.2, 0.25) is 0 Å². The van der Waals surface area contributed by atoms with Crippen molar-refractivity contribution in [3.05, 3.63) is 81.0 Å². The molecule has 0 radical (unpaired) electrons. The maximum absolute atomic E-state index is 2.59. The van der Waals surface area contributed by atoms with E-state index in [4.69, 9.17) is 0 Å². The fourth-order valence-electron chi connectivity index (χ4n) is 9.67. The molecule has 190 valence electrons. The average molecular weight is 542 g/mol. The number of allylic oxidation sites excluding steroid dienone is 4. The van der Waals surface area contributed by atoms with E-state index < -0.39 is 15.5 Å². The third kappa shape index (κ3) is 3.97. The first kappa shape index (κ1) is 24.5. The van der Waals surface area contributed by atoms with Gasteiger partial charge >= 0.3 is 231 Å². The molecule has 0 amide bonds. The normalized spacial score (nSPS) is 27.8. The summed E-state index contributed by atoms with van der Waals surface area (Å²) < 4.78 is 4.74. The van der Waals surface area contributed by atoms with E-state index in [0.717, 1.165) is 23.7 Å². The topological polar surface area (TPSA) is 0 Å². The average Bonchev–Trinajstić information content (AvgIpc) is 3.46. The first-order chi connectivity index (χ1) is 17.6. The van der Waals surface area contributed by atoms with Gasteiger partial charge in [-0.05, 0) is 0 Å². The van der Waals surface area contributed by atoms with E-state index in [1.54, 1.807) is 28.7 Å². The fraction of sp³-hybridized carbons (Fsp3) is 0.528. The minimum absolute atomic E-state index is 0.172. The Labute approximate surface area is 230 Å². The number of hydrogen-bond donors (Lipinski definition) is 0. The molecule has 0 spiro atoms. The summed E-state index contributed by atoms with van der Waals surface area (Å²) in [6.45, 7) is 14.2. The summed E-state index contributed by atoms with van der Waals surface area (Å²) in [6, 6.07) is 15.3. The van der Waals surface area contributed by atoms with Crippen LogP contribution in [0.1, 0.15) is 107 Å². The SMILES string of the molecule is CC(C)(C)c1ccc2c(c1)-c1cc(C(C)(C)C)ccc1[CH]2[Zn]([C]1=CC=CC1)=[C]1C2CC3CC(C2)CC1C3. The predicted molar refractivity (Wildman–Crippen MR) is 155 cm³/mol. The van der Waals surface area contributed by atoms with Crippen LogP contribution in [-0.4, -0.2) is 4.11 Å². The second-order valence-electron chi connectivity index (χ2n) is 15.6. The van der Waals surface area contributed by atoms with Crippen molar-refractivity contribution in [1.82, 2.24) is 0 Å². The number of rotatable bonds is 2. The Morgan fingerprint density at radius 3 is 1.62 bits per heavy atom. The van der Waals surface area contributed by atoms with Gasteiger partial charge in [0.25, 0.3) is 0 Å². The zero-order valence-corrected chi connectivity index (χ0v) is 27.0. The van der Waals surface area contributed by atoms with Crippen LogP contribution in [0, 0.1) is 23.7 Å². The van der Waals surface area contributed by atoms with Gasteiger partial charge < -0.3 is 0 Å². The molecular formula is C36H44Zn. The van der Waals surface area contributed by atoms with Crippen LogP contribution in [-0.2, 0) is 26.3 Å². The molecule has 0 heterocycles. The molecule has 0 N–H and O–H groups in total. The Kier molecular flexibility index (Phi) is 5.59. The summed E-state index contributed by atoms with van der Waals surface area (Å²) in [7, 11) is 0. The number of fused-ring (bicyclic) bond motifs is 3. The molecule has 2 aromatic carbocycles. The Hall–Kier alpha value is -1.59. The second kappa shape index (κ2) is 8.45. The van der Waals surface area contributed by atoms with Gasteiger partial charge in [0.05, 0.1) is 0 Å². The zero-order valence-electron chi connectivity index (χ0n) is 24.0. The third-order valence-electron chi connectivity index (χ3n) is 11.3. The van der Waals surface area contributed by atoms with Gasteiger partial charge in [-0.25, -0.2) is 0 Å². The molecule has 0 saturated heterocycles.